The van der Waals surface area contributed by atoms with E-state index >= 15 is 0 Å². The molecule has 0 aliphatic heterocycles. The van der Waals surface area contributed by atoms with Crippen LogP contribution in [0, 0.1) is 0 Å². The van der Waals surface area contributed by atoms with Crippen molar-refractivity contribution in [2.75, 3.05) is 7.05 Å². The molecular weight excluding hydrogens is 246 g/mol. The van der Waals surface area contributed by atoms with E-state index in [0.29, 0.717) is 0 Å². The maximum absolute atomic E-state index is 12.1. The molecular formula is C13H15N3O3. The highest BCUT2D eigenvalue weighted by molar-refractivity contribution is 5.92. The largest absolute Gasteiger partial charge is 0.508 e. The van der Waals surface area contributed by atoms with Crippen molar-refractivity contribution in [2.24, 2.45) is 0 Å². The lowest BCUT2D eigenvalue weighted by Crippen LogP contribution is -2.30. The number of H-pyrrole nitrogens is 2. The third-order valence-electron chi connectivity index (χ3n) is 3.10. The van der Waals surface area contributed by atoms with Crippen LogP contribution in [-0.2, 0) is 0 Å². The Morgan fingerprint density at radius 1 is 1.32 bits per heavy atom. The zero-order valence-corrected chi connectivity index (χ0v) is 10.7. The number of imidazole rings is 1. The summed E-state index contributed by atoms with van der Waals surface area (Å²) in [6.45, 7) is 1.87. The lowest BCUT2D eigenvalue weighted by atomic mass is 10.1. The summed E-state index contributed by atoms with van der Waals surface area (Å²) in [6, 6.07) is 6.48. The predicted octanol–water partition coefficient (Wildman–Crippen LogP) is 1.24. The average molecular weight is 261 g/mol. The molecule has 1 aromatic heterocycles. The molecule has 1 amide bonds. The molecule has 2 aromatic rings. The number of hydrogen-bond acceptors (Lipinski definition) is 3. The van der Waals surface area contributed by atoms with Crippen LogP contribution >= 0.6 is 0 Å². The molecule has 0 spiro atoms. The van der Waals surface area contributed by atoms with Crippen molar-refractivity contribution in [2.45, 2.75) is 13.0 Å². The number of aromatic hydroxyl groups is 1. The highest BCUT2D eigenvalue weighted by Gasteiger charge is 2.20. The quantitative estimate of drug-likeness (QED) is 0.776. The second-order valence-electron chi connectivity index (χ2n) is 4.34. The molecule has 0 fully saturated rings. The summed E-state index contributed by atoms with van der Waals surface area (Å²) in [5.74, 6) is -0.0983. The second kappa shape index (κ2) is 5.01. The van der Waals surface area contributed by atoms with Gasteiger partial charge < -0.3 is 20.0 Å². The van der Waals surface area contributed by atoms with Crippen molar-refractivity contribution in [3.63, 3.8) is 0 Å². The molecule has 6 heteroatoms. The maximum atomic E-state index is 12.1. The van der Waals surface area contributed by atoms with Gasteiger partial charge in [-0.1, -0.05) is 12.1 Å². The molecule has 3 N–H and O–H groups in total. The zero-order valence-electron chi connectivity index (χ0n) is 10.7. The van der Waals surface area contributed by atoms with Crippen LogP contribution in [0.1, 0.15) is 29.0 Å². The van der Waals surface area contributed by atoms with Crippen molar-refractivity contribution in [1.82, 2.24) is 14.9 Å². The fourth-order valence-electron chi connectivity index (χ4n) is 1.79. The summed E-state index contributed by atoms with van der Waals surface area (Å²) in [6.07, 6.45) is 1.35. The van der Waals surface area contributed by atoms with E-state index < -0.39 is 5.69 Å². The van der Waals surface area contributed by atoms with Crippen LogP contribution in [0.15, 0.2) is 35.3 Å². The molecule has 2 rings (SSSR count). The molecule has 0 aliphatic carbocycles. The number of aromatic nitrogens is 2. The molecule has 0 bridgehead atoms. The van der Waals surface area contributed by atoms with E-state index in [-0.39, 0.29) is 23.4 Å². The molecule has 1 heterocycles. The van der Waals surface area contributed by atoms with Crippen LogP contribution in [0.5, 0.6) is 5.75 Å². The van der Waals surface area contributed by atoms with Gasteiger partial charge in [0.25, 0.3) is 5.91 Å². The monoisotopic (exact) mass is 261 g/mol. The molecule has 0 saturated carbocycles. The molecule has 1 aromatic carbocycles. The van der Waals surface area contributed by atoms with Crippen molar-refractivity contribution < 1.29 is 9.90 Å². The number of amides is 1. The molecule has 1 unspecified atom stereocenters. The molecule has 1 atom stereocenters. The van der Waals surface area contributed by atoms with E-state index in [1.54, 1.807) is 31.3 Å². The second-order valence-corrected chi connectivity index (χ2v) is 4.34. The molecule has 6 nitrogen and oxygen atoms in total. The van der Waals surface area contributed by atoms with E-state index in [1.165, 1.54) is 11.1 Å². The first kappa shape index (κ1) is 12.9. The Morgan fingerprint density at radius 2 is 1.95 bits per heavy atom. The van der Waals surface area contributed by atoms with Crippen molar-refractivity contribution in [3.05, 3.63) is 52.2 Å². The number of rotatable bonds is 3. The van der Waals surface area contributed by atoms with Gasteiger partial charge in [-0.15, -0.1) is 0 Å². The minimum atomic E-state index is -0.408. The lowest BCUT2D eigenvalue weighted by molar-refractivity contribution is 0.0737. The first-order valence-corrected chi connectivity index (χ1v) is 5.83. The standard InChI is InChI=1S/C13H15N3O3/c1-8(9-3-5-10(17)6-4-9)16(2)12(18)11-7-14-13(19)15-11/h3-8,17H,1-2H3,(H2,14,15,19). The summed E-state index contributed by atoms with van der Waals surface area (Å²) in [5.41, 5.74) is 0.707. The first-order valence-electron chi connectivity index (χ1n) is 5.83. The number of phenolic OH excluding ortho intramolecular Hbond substituents is 1. The van der Waals surface area contributed by atoms with Crippen molar-refractivity contribution in [3.8, 4) is 5.75 Å². The van der Waals surface area contributed by atoms with Gasteiger partial charge in [0, 0.05) is 13.2 Å². The zero-order chi connectivity index (χ0) is 14.0. The summed E-state index contributed by atoms with van der Waals surface area (Å²) in [5, 5.41) is 9.24. The number of nitrogens with zero attached hydrogens (tertiary/aromatic N) is 1. The first-order chi connectivity index (χ1) is 8.99. The highest BCUT2D eigenvalue weighted by Crippen LogP contribution is 2.22. The van der Waals surface area contributed by atoms with E-state index in [0.717, 1.165) is 5.56 Å². The summed E-state index contributed by atoms with van der Waals surface area (Å²) in [4.78, 5) is 29.5. The Hall–Kier alpha value is -2.50. The van der Waals surface area contributed by atoms with Crippen LogP contribution < -0.4 is 5.69 Å². The summed E-state index contributed by atoms with van der Waals surface area (Å²) < 4.78 is 0. The predicted molar refractivity (Wildman–Crippen MR) is 70.0 cm³/mol. The van der Waals surface area contributed by atoms with Gasteiger partial charge in [0.2, 0.25) is 0 Å². The van der Waals surface area contributed by atoms with Gasteiger partial charge in [-0.2, -0.15) is 0 Å². The van der Waals surface area contributed by atoms with Gasteiger partial charge in [0.1, 0.15) is 11.4 Å². The molecule has 0 aliphatic rings. The van der Waals surface area contributed by atoms with E-state index in [9.17, 15) is 14.7 Å². The molecule has 0 saturated heterocycles. The van der Waals surface area contributed by atoms with Crippen LogP contribution in [0.3, 0.4) is 0 Å². The van der Waals surface area contributed by atoms with E-state index in [2.05, 4.69) is 9.97 Å². The third kappa shape index (κ3) is 2.67. The Balaban J connectivity index is 2.19. The fraction of sp³-hybridized carbons (Fsp3) is 0.231. The van der Waals surface area contributed by atoms with Gasteiger partial charge in [0.15, 0.2) is 0 Å². The molecule has 100 valence electrons. The van der Waals surface area contributed by atoms with Crippen molar-refractivity contribution >= 4 is 5.91 Å². The van der Waals surface area contributed by atoms with Crippen LogP contribution in [-0.4, -0.2) is 32.9 Å². The van der Waals surface area contributed by atoms with Gasteiger partial charge in [-0.3, -0.25) is 4.79 Å². The highest BCUT2D eigenvalue weighted by atomic mass is 16.3. The van der Waals surface area contributed by atoms with Crippen LogP contribution in [0.4, 0.5) is 0 Å². The minimum Gasteiger partial charge on any atom is -0.508 e. The third-order valence-corrected chi connectivity index (χ3v) is 3.10. The van der Waals surface area contributed by atoms with E-state index in [1.807, 2.05) is 6.92 Å². The van der Waals surface area contributed by atoms with Gasteiger partial charge >= 0.3 is 5.69 Å². The van der Waals surface area contributed by atoms with Crippen molar-refractivity contribution in [1.29, 1.82) is 0 Å². The number of carbonyl (C=O) groups excluding carboxylic acids is 1. The fourth-order valence-corrected chi connectivity index (χ4v) is 1.79. The van der Waals surface area contributed by atoms with Crippen LogP contribution in [0.2, 0.25) is 0 Å². The smallest absolute Gasteiger partial charge is 0.323 e. The number of benzene rings is 1. The van der Waals surface area contributed by atoms with Gasteiger partial charge in [-0.05, 0) is 24.6 Å². The van der Waals surface area contributed by atoms with Gasteiger partial charge in [-0.25, -0.2) is 4.79 Å². The number of phenols is 1. The summed E-state index contributed by atoms with van der Waals surface area (Å²) in [7, 11) is 1.66. The Morgan fingerprint density at radius 3 is 2.47 bits per heavy atom. The van der Waals surface area contributed by atoms with Gasteiger partial charge in [0.05, 0.1) is 6.04 Å². The maximum Gasteiger partial charge on any atom is 0.323 e. The number of aromatic amines is 2. The Bertz CT molecular complexity index is 627. The lowest BCUT2D eigenvalue weighted by Gasteiger charge is -2.24. The minimum absolute atomic E-state index is 0.175. The SMILES string of the molecule is CC(c1ccc(O)cc1)N(C)C(=O)c1c[nH]c(=O)[nH]1. The number of carbonyl (C=O) groups is 1. The molecule has 0 radical (unpaired) electrons. The normalized spacial score (nSPS) is 12.1. The van der Waals surface area contributed by atoms with Crippen LogP contribution in [0.25, 0.3) is 0 Å². The topological polar surface area (TPSA) is 89.2 Å². The number of nitrogens with one attached hydrogen (secondary N) is 2. The molecule has 19 heavy (non-hydrogen) atoms. The van der Waals surface area contributed by atoms with E-state index in [4.69, 9.17) is 0 Å². The number of hydrogen-bond donors (Lipinski definition) is 3. The summed E-state index contributed by atoms with van der Waals surface area (Å²) >= 11 is 0. The average Bonchev–Trinajstić information content (AvgIpc) is 2.84. The Kier molecular flexibility index (Phi) is 3.41. The Labute approximate surface area is 109 Å².